The number of methoxy groups -OCH3 is 1. The Balaban J connectivity index is 1.94. The SMILES string of the molecule is COCCNc1nc(Cc2cccc(Cl)c2)ns1. The highest BCUT2D eigenvalue weighted by Crippen LogP contribution is 2.16. The van der Waals surface area contributed by atoms with Crippen molar-refractivity contribution in [3.63, 3.8) is 0 Å². The van der Waals surface area contributed by atoms with Crippen molar-refractivity contribution in [1.29, 1.82) is 0 Å². The molecule has 18 heavy (non-hydrogen) atoms. The zero-order valence-corrected chi connectivity index (χ0v) is 11.6. The second-order valence-corrected chi connectivity index (χ2v) is 4.93. The summed E-state index contributed by atoms with van der Waals surface area (Å²) in [5, 5.41) is 4.72. The number of nitrogens with zero attached hydrogens (tertiary/aromatic N) is 2. The van der Waals surface area contributed by atoms with Gasteiger partial charge < -0.3 is 10.1 Å². The van der Waals surface area contributed by atoms with E-state index in [9.17, 15) is 0 Å². The highest BCUT2D eigenvalue weighted by Gasteiger charge is 2.05. The summed E-state index contributed by atoms with van der Waals surface area (Å²) in [4.78, 5) is 4.40. The maximum atomic E-state index is 5.94. The molecule has 0 saturated heterocycles. The van der Waals surface area contributed by atoms with Crippen LogP contribution in [0.4, 0.5) is 5.13 Å². The van der Waals surface area contributed by atoms with E-state index in [1.165, 1.54) is 11.5 Å². The van der Waals surface area contributed by atoms with E-state index in [1.807, 2.05) is 24.3 Å². The summed E-state index contributed by atoms with van der Waals surface area (Å²) in [5.74, 6) is 0.808. The number of rotatable bonds is 6. The number of hydrogen-bond acceptors (Lipinski definition) is 5. The van der Waals surface area contributed by atoms with Gasteiger partial charge in [-0.25, -0.2) is 4.98 Å². The first-order chi connectivity index (χ1) is 8.78. The van der Waals surface area contributed by atoms with Crippen LogP contribution in [-0.4, -0.2) is 29.6 Å². The maximum Gasteiger partial charge on any atom is 0.202 e. The van der Waals surface area contributed by atoms with Gasteiger partial charge in [0, 0.05) is 36.6 Å². The van der Waals surface area contributed by atoms with Crippen LogP contribution < -0.4 is 5.32 Å². The van der Waals surface area contributed by atoms with Crippen LogP contribution >= 0.6 is 23.1 Å². The lowest BCUT2D eigenvalue weighted by Crippen LogP contribution is -2.07. The predicted octanol–water partition coefficient (Wildman–Crippen LogP) is 2.84. The van der Waals surface area contributed by atoms with Crippen LogP contribution in [0.1, 0.15) is 11.4 Å². The molecule has 0 aliphatic heterocycles. The van der Waals surface area contributed by atoms with Gasteiger partial charge in [-0.3, -0.25) is 0 Å². The van der Waals surface area contributed by atoms with Gasteiger partial charge >= 0.3 is 0 Å². The Hall–Kier alpha value is -1.17. The van der Waals surface area contributed by atoms with Gasteiger partial charge in [0.2, 0.25) is 5.13 Å². The van der Waals surface area contributed by atoms with Gasteiger partial charge in [-0.15, -0.1) is 0 Å². The Morgan fingerprint density at radius 3 is 3.11 bits per heavy atom. The Morgan fingerprint density at radius 1 is 1.44 bits per heavy atom. The maximum absolute atomic E-state index is 5.94. The number of nitrogens with one attached hydrogen (secondary N) is 1. The average molecular weight is 284 g/mol. The first-order valence-corrected chi connectivity index (χ1v) is 6.73. The summed E-state index contributed by atoms with van der Waals surface area (Å²) in [5.41, 5.74) is 1.11. The molecule has 0 radical (unpaired) electrons. The smallest absolute Gasteiger partial charge is 0.202 e. The number of hydrogen-bond donors (Lipinski definition) is 1. The molecular formula is C12H14ClN3OS. The van der Waals surface area contributed by atoms with Crippen LogP contribution in [0.25, 0.3) is 0 Å². The molecule has 1 aromatic carbocycles. The van der Waals surface area contributed by atoms with Gasteiger partial charge in [0.25, 0.3) is 0 Å². The van der Waals surface area contributed by atoms with Crippen LogP contribution in [0.3, 0.4) is 0 Å². The highest BCUT2D eigenvalue weighted by atomic mass is 35.5. The van der Waals surface area contributed by atoms with Crippen LogP contribution in [0, 0.1) is 0 Å². The van der Waals surface area contributed by atoms with Gasteiger partial charge in [-0.2, -0.15) is 4.37 Å². The third-order valence-corrected chi connectivity index (χ3v) is 3.25. The van der Waals surface area contributed by atoms with Gasteiger partial charge in [0.15, 0.2) is 0 Å². The molecule has 4 nitrogen and oxygen atoms in total. The normalized spacial score (nSPS) is 10.6. The molecule has 0 fully saturated rings. The van der Waals surface area contributed by atoms with E-state index < -0.39 is 0 Å². The number of halogens is 1. The zero-order valence-electron chi connectivity index (χ0n) is 10.0. The summed E-state index contributed by atoms with van der Waals surface area (Å²) in [6.07, 6.45) is 0.697. The zero-order chi connectivity index (χ0) is 12.8. The van der Waals surface area contributed by atoms with E-state index in [-0.39, 0.29) is 0 Å². The molecule has 0 spiro atoms. The van der Waals surface area contributed by atoms with Crippen molar-refractivity contribution in [2.24, 2.45) is 0 Å². The largest absolute Gasteiger partial charge is 0.383 e. The van der Waals surface area contributed by atoms with E-state index in [0.29, 0.717) is 13.0 Å². The third kappa shape index (κ3) is 3.94. The van der Waals surface area contributed by atoms with Crippen molar-refractivity contribution < 1.29 is 4.74 Å². The van der Waals surface area contributed by atoms with Crippen LogP contribution in [-0.2, 0) is 11.2 Å². The monoisotopic (exact) mass is 283 g/mol. The quantitative estimate of drug-likeness (QED) is 0.828. The van der Waals surface area contributed by atoms with Crippen LogP contribution in [0.5, 0.6) is 0 Å². The van der Waals surface area contributed by atoms with E-state index >= 15 is 0 Å². The minimum absolute atomic E-state index is 0.656. The van der Waals surface area contributed by atoms with Crippen molar-refractivity contribution in [2.45, 2.75) is 6.42 Å². The molecular weight excluding hydrogens is 270 g/mol. The predicted molar refractivity (Wildman–Crippen MR) is 74.5 cm³/mol. The fourth-order valence-electron chi connectivity index (χ4n) is 1.49. The molecule has 2 rings (SSSR count). The summed E-state index contributed by atoms with van der Waals surface area (Å²) in [7, 11) is 1.67. The van der Waals surface area contributed by atoms with Crippen molar-refractivity contribution in [3.05, 3.63) is 40.7 Å². The molecule has 0 amide bonds. The fourth-order valence-corrected chi connectivity index (χ4v) is 2.31. The van der Waals surface area contributed by atoms with Gasteiger partial charge in [0.05, 0.1) is 6.61 Å². The summed E-state index contributed by atoms with van der Waals surface area (Å²) in [6.45, 7) is 1.39. The number of benzene rings is 1. The molecule has 0 aliphatic rings. The molecule has 0 saturated carbocycles. The number of ether oxygens (including phenoxy) is 1. The molecule has 0 atom stereocenters. The Bertz CT molecular complexity index is 504. The average Bonchev–Trinajstić information content (AvgIpc) is 2.77. The van der Waals surface area contributed by atoms with Crippen LogP contribution in [0.15, 0.2) is 24.3 Å². The lowest BCUT2D eigenvalue weighted by molar-refractivity contribution is 0.211. The second kappa shape index (κ2) is 6.68. The third-order valence-electron chi connectivity index (χ3n) is 2.30. The highest BCUT2D eigenvalue weighted by molar-refractivity contribution is 7.09. The summed E-state index contributed by atoms with van der Waals surface area (Å²) >= 11 is 7.30. The molecule has 0 aliphatic carbocycles. The Labute approximate surface area is 115 Å². The van der Waals surface area contributed by atoms with Gasteiger partial charge in [-0.1, -0.05) is 23.7 Å². The van der Waals surface area contributed by atoms with Crippen molar-refractivity contribution in [3.8, 4) is 0 Å². The fraction of sp³-hybridized carbons (Fsp3) is 0.333. The molecule has 1 aromatic heterocycles. The summed E-state index contributed by atoms with van der Waals surface area (Å²) in [6, 6.07) is 7.74. The van der Waals surface area contributed by atoms with Gasteiger partial charge in [-0.05, 0) is 17.7 Å². The Kier molecular flexibility index (Phi) is 4.92. The first kappa shape index (κ1) is 13.3. The molecule has 0 bridgehead atoms. The van der Waals surface area contributed by atoms with Gasteiger partial charge in [0.1, 0.15) is 5.82 Å². The molecule has 2 aromatic rings. The second-order valence-electron chi connectivity index (χ2n) is 3.74. The molecule has 0 unspecified atom stereocenters. The molecule has 6 heteroatoms. The van der Waals surface area contributed by atoms with E-state index in [2.05, 4.69) is 14.7 Å². The topological polar surface area (TPSA) is 47.0 Å². The van der Waals surface area contributed by atoms with E-state index in [1.54, 1.807) is 7.11 Å². The van der Waals surface area contributed by atoms with Crippen molar-refractivity contribution >= 4 is 28.3 Å². The molecule has 96 valence electrons. The summed E-state index contributed by atoms with van der Waals surface area (Å²) < 4.78 is 9.26. The van der Waals surface area contributed by atoms with Crippen molar-refractivity contribution in [1.82, 2.24) is 9.36 Å². The minimum atomic E-state index is 0.656. The van der Waals surface area contributed by atoms with E-state index in [4.69, 9.17) is 16.3 Å². The standard InChI is InChI=1S/C12H14ClN3OS/c1-17-6-5-14-12-15-11(16-18-12)8-9-3-2-4-10(13)7-9/h2-4,7H,5-6,8H2,1H3,(H,14,15,16). The van der Waals surface area contributed by atoms with Crippen LogP contribution in [0.2, 0.25) is 5.02 Å². The van der Waals surface area contributed by atoms with Crippen molar-refractivity contribution in [2.75, 3.05) is 25.6 Å². The molecule has 1 heterocycles. The lowest BCUT2D eigenvalue weighted by atomic mass is 10.1. The first-order valence-electron chi connectivity index (χ1n) is 5.58. The van der Waals surface area contributed by atoms with E-state index in [0.717, 1.165) is 28.1 Å². The molecule has 1 N–H and O–H groups in total. The number of aromatic nitrogens is 2. The Morgan fingerprint density at radius 2 is 2.33 bits per heavy atom. The minimum Gasteiger partial charge on any atom is -0.383 e. The number of anilines is 1. The lowest BCUT2D eigenvalue weighted by Gasteiger charge is -1.99.